The van der Waals surface area contributed by atoms with Crippen LogP contribution in [0.4, 0.5) is 0 Å². The Kier molecular flexibility index (Phi) is 6.79. The third kappa shape index (κ3) is 5.09. The van der Waals surface area contributed by atoms with Gasteiger partial charge in [-0.2, -0.15) is 0 Å². The van der Waals surface area contributed by atoms with Gasteiger partial charge in [0.15, 0.2) is 9.92 Å². The first-order valence-electron chi connectivity index (χ1n) is 10.5. The molecule has 3 N–H and O–H groups in total. The third-order valence-electron chi connectivity index (χ3n) is 5.55. The largest absolute Gasteiger partial charge is 0.386 e. The Hall–Kier alpha value is -1.58. The van der Waals surface area contributed by atoms with Crippen LogP contribution in [0.25, 0.3) is 0 Å². The summed E-state index contributed by atoms with van der Waals surface area (Å²) in [7, 11) is -3.39. The first-order valence-corrected chi connectivity index (χ1v) is 12.9. The van der Waals surface area contributed by atoms with Crippen molar-refractivity contribution in [1.82, 2.24) is 0 Å². The van der Waals surface area contributed by atoms with Gasteiger partial charge in [-0.3, -0.25) is 4.79 Å². The molecule has 0 aliphatic carbocycles. The van der Waals surface area contributed by atoms with Crippen LogP contribution in [0.15, 0.2) is 26.1 Å². The summed E-state index contributed by atoms with van der Waals surface area (Å²) >= 11 is 1.14. The highest BCUT2D eigenvalue weighted by Gasteiger charge is 2.26. The number of nitrogens with two attached hydrogens (primary N) is 1. The van der Waals surface area contributed by atoms with Gasteiger partial charge in [0.1, 0.15) is 4.21 Å². The minimum atomic E-state index is -3.39. The standard InChI is InChI=1S/C23H32N2O4S2/c1-13(2)17-7-15-10-29-11-19(15)22(14(3)4)18(17)9-20(26)25-31(24,28)21-8-16(12-30-21)23(5,6)27/h7-8,12-14,27H,9-11H2,1-6H3,(H2,24,25,26,28). The van der Waals surface area contributed by atoms with E-state index < -0.39 is 21.4 Å². The van der Waals surface area contributed by atoms with Crippen LogP contribution >= 0.6 is 11.3 Å². The lowest BCUT2D eigenvalue weighted by Crippen LogP contribution is -2.17. The van der Waals surface area contributed by atoms with Crippen molar-refractivity contribution in [2.75, 3.05) is 0 Å². The number of rotatable bonds is 6. The fourth-order valence-corrected chi connectivity index (χ4v) is 6.37. The number of carbonyl (C=O) groups is 1. The molecule has 6 nitrogen and oxygen atoms in total. The summed E-state index contributed by atoms with van der Waals surface area (Å²) in [6.45, 7) is 12.8. The van der Waals surface area contributed by atoms with Crippen molar-refractivity contribution in [3.05, 3.63) is 50.9 Å². The van der Waals surface area contributed by atoms with Gasteiger partial charge >= 0.3 is 0 Å². The topological polar surface area (TPSA) is 102 Å². The molecule has 1 amide bonds. The van der Waals surface area contributed by atoms with Crippen LogP contribution < -0.4 is 5.14 Å². The molecule has 1 aromatic carbocycles. The first-order chi connectivity index (χ1) is 14.3. The molecule has 2 heterocycles. The molecule has 31 heavy (non-hydrogen) atoms. The predicted molar refractivity (Wildman–Crippen MR) is 124 cm³/mol. The number of hydrogen-bond acceptors (Lipinski definition) is 5. The molecule has 0 bridgehead atoms. The predicted octanol–water partition coefficient (Wildman–Crippen LogP) is 4.72. The van der Waals surface area contributed by atoms with Crippen LogP contribution in [-0.4, -0.2) is 15.2 Å². The quantitative estimate of drug-likeness (QED) is 0.645. The van der Waals surface area contributed by atoms with E-state index in [1.165, 1.54) is 5.56 Å². The Balaban J connectivity index is 2.01. The maximum atomic E-state index is 13.1. The summed E-state index contributed by atoms with van der Waals surface area (Å²) < 4.78 is 22.9. The molecule has 0 radical (unpaired) electrons. The zero-order valence-electron chi connectivity index (χ0n) is 19.0. The SMILES string of the molecule is CC(C)c1cc2c(c(C(C)C)c1CC(=O)N=S(N)(=O)c1cc(C(C)(C)O)cs1)COC2. The summed E-state index contributed by atoms with van der Waals surface area (Å²) in [6.07, 6.45) is 0.0478. The lowest BCUT2D eigenvalue weighted by atomic mass is 9.82. The number of nitrogens with zero attached hydrogens (tertiary/aromatic N) is 1. The molecule has 3 rings (SSSR count). The molecule has 1 aliphatic rings. The van der Waals surface area contributed by atoms with Gasteiger partial charge in [-0.1, -0.05) is 33.8 Å². The average Bonchev–Trinajstić information content (AvgIpc) is 3.29. The zero-order chi connectivity index (χ0) is 23.1. The first kappa shape index (κ1) is 24.1. The van der Waals surface area contributed by atoms with Crippen molar-refractivity contribution >= 4 is 27.2 Å². The number of thiophene rings is 1. The molecule has 1 atom stereocenters. The minimum absolute atomic E-state index is 0.0478. The maximum absolute atomic E-state index is 13.1. The van der Waals surface area contributed by atoms with Gasteiger partial charge in [-0.25, -0.2) is 9.35 Å². The van der Waals surface area contributed by atoms with Crippen molar-refractivity contribution in [2.24, 2.45) is 9.50 Å². The Labute approximate surface area is 189 Å². The number of ether oxygens (including phenoxy) is 1. The number of amides is 1. The number of fused-ring (bicyclic) bond motifs is 1. The summed E-state index contributed by atoms with van der Waals surface area (Å²) in [5.41, 5.74) is 5.02. The molecule has 0 spiro atoms. The van der Waals surface area contributed by atoms with Crippen LogP contribution in [0.3, 0.4) is 0 Å². The zero-order valence-corrected chi connectivity index (χ0v) is 20.7. The molecule has 1 unspecified atom stereocenters. The van der Waals surface area contributed by atoms with E-state index in [2.05, 4.69) is 38.1 Å². The van der Waals surface area contributed by atoms with Gasteiger partial charge in [0.25, 0.3) is 5.91 Å². The van der Waals surface area contributed by atoms with E-state index in [1.54, 1.807) is 25.3 Å². The van der Waals surface area contributed by atoms with Crippen molar-refractivity contribution in [2.45, 2.75) is 82.8 Å². The summed E-state index contributed by atoms with van der Waals surface area (Å²) in [4.78, 5) is 13.0. The molecule has 8 heteroatoms. The molecule has 170 valence electrons. The molecule has 2 aromatic rings. The Morgan fingerprint density at radius 2 is 1.94 bits per heavy atom. The van der Waals surface area contributed by atoms with Gasteiger partial charge in [0.05, 0.1) is 25.2 Å². The summed E-state index contributed by atoms with van der Waals surface area (Å²) in [5, 5.41) is 17.8. The monoisotopic (exact) mass is 464 g/mol. The van der Waals surface area contributed by atoms with Gasteiger partial charge in [-0.15, -0.1) is 15.7 Å². The fraction of sp³-hybridized carbons (Fsp3) is 0.522. The van der Waals surface area contributed by atoms with Gasteiger partial charge in [0.2, 0.25) is 0 Å². The maximum Gasteiger partial charge on any atom is 0.259 e. The lowest BCUT2D eigenvalue weighted by Gasteiger charge is -2.22. The van der Waals surface area contributed by atoms with Gasteiger partial charge < -0.3 is 9.84 Å². The van der Waals surface area contributed by atoms with Crippen molar-refractivity contribution in [1.29, 1.82) is 0 Å². The van der Waals surface area contributed by atoms with E-state index in [1.807, 2.05) is 0 Å². The highest BCUT2D eigenvalue weighted by molar-refractivity contribution is 7.93. The molecular weight excluding hydrogens is 432 g/mol. The second-order valence-corrected chi connectivity index (χ2v) is 12.2. The van der Waals surface area contributed by atoms with Crippen LogP contribution in [0.1, 0.15) is 86.8 Å². The van der Waals surface area contributed by atoms with E-state index in [0.29, 0.717) is 18.8 Å². The summed E-state index contributed by atoms with van der Waals surface area (Å²) in [6, 6.07) is 3.70. The van der Waals surface area contributed by atoms with E-state index in [4.69, 9.17) is 9.88 Å². The van der Waals surface area contributed by atoms with Crippen LogP contribution in [0.5, 0.6) is 0 Å². The van der Waals surface area contributed by atoms with E-state index in [9.17, 15) is 14.1 Å². The lowest BCUT2D eigenvalue weighted by molar-refractivity contribution is -0.117. The number of hydrogen-bond donors (Lipinski definition) is 2. The van der Waals surface area contributed by atoms with Crippen LogP contribution in [0, 0.1) is 0 Å². The Morgan fingerprint density at radius 1 is 1.26 bits per heavy atom. The molecule has 0 saturated heterocycles. The smallest absolute Gasteiger partial charge is 0.259 e. The van der Waals surface area contributed by atoms with E-state index in [-0.39, 0.29) is 22.5 Å². The number of carbonyl (C=O) groups excluding carboxylic acids is 1. The summed E-state index contributed by atoms with van der Waals surface area (Å²) in [5.74, 6) is -0.0701. The van der Waals surface area contributed by atoms with Crippen molar-refractivity contribution in [3.8, 4) is 0 Å². The minimum Gasteiger partial charge on any atom is -0.386 e. The second-order valence-electron chi connectivity index (χ2n) is 9.24. The third-order valence-corrected chi connectivity index (χ3v) is 8.45. The van der Waals surface area contributed by atoms with Crippen LogP contribution in [-0.2, 0) is 44.7 Å². The highest BCUT2D eigenvalue weighted by Crippen LogP contribution is 2.37. The van der Waals surface area contributed by atoms with Crippen molar-refractivity contribution in [3.63, 3.8) is 0 Å². The second kappa shape index (κ2) is 8.75. The molecule has 1 aliphatic heterocycles. The van der Waals surface area contributed by atoms with Crippen LogP contribution in [0.2, 0.25) is 0 Å². The molecule has 0 fully saturated rings. The Morgan fingerprint density at radius 3 is 2.48 bits per heavy atom. The Bertz CT molecular complexity index is 1120. The highest BCUT2D eigenvalue weighted by atomic mass is 32.2. The van der Waals surface area contributed by atoms with Gasteiger partial charge in [-0.05, 0) is 70.5 Å². The molecule has 1 aromatic heterocycles. The molecule has 0 saturated carbocycles. The van der Waals surface area contributed by atoms with E-state index >= 15 is 0 Å². The fourth-order valence-electron chi connectivity index (χ4n) is 4.01. The van der Waals surface area contributed by atoms with Gasteiger partial charge in [0, 0.05) is 0 Å². The average molecular weight is 465 g/mol. The van der Waals surface area contributed by atoms with Crippen molar-refractivity contribution < 1.29 is 18.8 Å². The number of aliphatic hydroxyl groups is 1. The molecular formula is C23H32N2O4S2. The number of benzene rings is 1. The normalized spacial score (nSPS) is 15.9. The van der Waals surface area contributed by atoms with E-state index in [0.717, 1.165) is 33.6 Å².